The third-order valence-electron chi connectivity index (χ3n) is 3.06. The van der Waals surface area contributed by atoms with Gasteiger partial charge in [-0.3, -0.25) is 4.79 Å². The van der Waals surface area contributed by atoms with Crippen LogP contribution >= 0.6 is 0 Å². The van der Waals surface area contributed by atoms with Crippen LogP contribution in [0.2, 0.25) is 0 Å². The molecule has 0 fully saturated rings. The molecule has 0 bridgehead atoms. The molecule has 0 aliphatic heterocycles. The lowest BCUT2D eigenvalue weighted by Crippen LogP contribution is -2.10. The fourth-order valence-electron chi connectivity index (χ4n) is 1.76. The molecule has 2 aromatic rings. The molecule has 1 unspecified atom stereocenters. The number of hydrogen-bond donors (Lipinski definition) is 2. The summed E-state index contributed by atoms with van der Waals surface area (Å²) in [6.07, 6.45) is 1.49. The smallest absolute Gasteiger partial charge is 0.312 e. The lowest BCUT2D eigenvalue weighted by molar-refractivity contribution is -0.141. The fourth-order valence-corrected chi connectivity index (χ4v) is 1.76. The van der Waals surface area contributed by atoms with Gasteiger partial charge in [-0.1, -0.05) is 12.1 Å². The first-order chi connectivity index (χ1) is 10.7. The summed E-state index contributed by atoms with van der Waals surface area (Å²) in [6.45, 7) is 1.78. The highest BCUT2D eigenvalue weighted by molar-refractivity contribution is 5.78. The molecule has 0 saturated heterocycles. The minimum absolute atomic E-state index is 0.214. The average molecular weight is 298 g/mol. The molecule has 0 amide bonds. The third-order valence-corrected chi connectivity index (χ3v) is 3.06. The van der Waals surface area contributed by atoms with Gasteiger partial charge in [-0.2, -0.15) is 10.5 Å². The van der Waals surface area contributed by atoms with Crippen molar-refractivity contribution < 1.29 is 9.53 Å². The van der Waals surface area contributed by atoms with E-state index < -0.39 is 0 Å². The molecule has 1 aromatic heterocycles. The van der Waals surface area contributed by atoms with Crippen molar-refractivity contribution in [2.24, 2.45) is 0 Å². The third kappa shape index (κ3) is 3.46. The van der Waals surface area contributed by atoms with E-state index in [0.717, 1.165) is 11.3 Å². The van der Waals surface area contributed by atoms with Gasteiger partial charge in [0.1, 0.15) is 11.6 Å². The zero-order chi connectivity index (χ0) is 15.9. The Balaban J connectivity index is 2.09. The summed E-state index contributed by atoms with van der Waals surface area (Å²) in [4.78, 5) is 11.5. The van der Waals surface area contributed by atoms with Gasteiger partial charge in [0.05, 0.1) is 13.0 Å². The van der Waals surface area contributed by atoms with Crippen LogP contribution in [-0.2, 0) is 9.53 Å². The summed E-state index contributed by atoms with van der Waals surface area (Å²) in [6, 6.07) is 9.22. The Bertz CT molecular complexity index is 700. The van der Waals surface area contributed by atoms with Gasteiger partial charge >= 0.3 is 5.97 Å². The number of rotatable bonds is 5. The molecule has 0 spiro atoms. The van der Waals surface area contributed by atoms with Crippen molar-refractivity contribution in [3.63, 3.8) is 0 Å². The number of H-pyrrole nitrogens is 1. The maximum atomic E-state index is 11.5. The molecule has 1 atom stereocenters. The Labute approximate surface area is 126 Å². The van der Waals surface area contributed by atoms with Gasteiger partial charge in [0.15, 0.2) is 0 Å². The molecule has 22 heavy (non-hydrogen) atoms. The summed E-state index contributed by atoms with van der Waals surface area (Å²) in [5.74, 6) is -0.404. The van der Waals surface area contributed by atoms with Gasteiger partial charge in [0.25, 0.3) is 0 Å². The van der Waals surface area contributed by atoms with Gasteiger partial charge in [-0.05, 0) is 29.8 Å². The topological polar surface area (TPSA) is 117 Å². The largest absolute Gasteiger partial charge is 0.469 e. The Hall–Kier alpha value is -3.21. The molecule has 0 aliphatic carbocycles. The molecule has 2 rings (SSSR count). The number of methoxy groups -OCH3 is 1. The van der Waals surface area contributed by atoms with Crippen LogP contribution in [0.25, 0.3) is 5.57 Å². The first-order valence-corrected chi connectivity index (χ1v) is 6.44. The second-order valence-corrected chi connectivity index (χ2v) is 4.42. The highest BCUT2D eigenvalue weighted by Crippen LogP contribution is 2.19. The van der Waals surface area contributed by atoms with E-state index in [4.69, 9.17) is 10.00 Å². The molecular formula is C14H14N6O2. The van der Waals surface area contributed by atoms with Crippen LogP contribution in [0.5, 0.6) is 0 Å². The molecule has 0 saturated carbocycles. The quantitative estimate of drug-likeness (QED) is 0.633. The second-order valence-electron chi connectivity index (χ2n) is 4.42. The number of ether oxygens (including phenoxy) is 1. The van der Waals surface area contributed by atoms with Crippen LogP contribution in [0.3, 0.4) is 0 Å². The number of nitriles is 1. The number of hydrogen-bond acceptors (Lipinski definition) is 7. The van der Waals surface area contributed by atoms with Crippen LogP contribution < -0.4 is 5.32 Å². The summed E-state index contributed by atoms with van der Waals surface area (Å²) < 4.78 is 4.71. The van der Waals surface area contributed by atoms with Crippen LogP contribution in [0.1, 0.15) is 24.2 Å². The predicted molar refractivity (Wildman–Crippen MR) is 78.3 cm³/mol. The van der Waals surface area contributed by atoms with Crippen molar-refractivity contribution in [3.8, 4) is 6.07 Å². The minimum atomic E-state index is -0.330. The van der Waals surface area contributed by atoms with Gasteiger partial charge < -0.3 is 10.1 Å². The zero-order valence-corrected chi connectivity index (χ0v) is 12.1. The molecule has 1 heterocycles. The lowest BCUT2D eigenvalue weighted by Gasteiger charge is -2.10. The zero-order valence-electron chi connectivity index (χ0n) is 12.1. The molecule has 8 heteroatoms. The van der Waals surface area contributed by atoms with Gasteiger partial charge in [-0.15, -0.1) is 10.2 Å². The Morgan fingerprint density at radius 3 is 2.73 bits per heavy atom. The summed E-state index contributed by atoms with van der Waals surface area (Å²) in [7, 11) is 1.36. The van der Waals surface area contributed by atoms with E-state index in [1.54, 1.807) is 19.1 Å². The van der Waals surface area contributed by atoms with E-state index in [1.165, 1.54) is 13.3 Å². The first kappa shape index (κ1) is 15.2. The molecule has 0 aliphatic rings. The van der Waals surface area contributed by atoms with Crippen molar-refractivity contribution in [2.75, 3.05) is 12.4 Å². The van der Waals surface area contributed by atoms with E-state index >= 15 is 0 Å². The summed E-state index contributed by atoms with van der Waals surface area (Å²) >= 11 is 0. The Morgan fingerprint density at radius 2 is 2.18 bits per heavy atom. The second kappa shape index (κ2) is 6.99. The molecule has 2 N–H and O–H groups in total. The summed E-state index contributed by atoms with van der Waals surface area (Å²) in [5, 5.41) is 25.2. The van der Waals surface area contributed by atoms with Crippen LogP contribution in [0.15, 0.2) is 30.5 Å². The van der Waals surface area contributed by atoms with Gasteiger partial charge in [0.2, 0.25) is 5.82 Å². The Kier molecular flexibility index (Phi) is 4.82. The number of nitrogens with zero attached hydrogens (tertiary/aromatic N) is 4. The van der Waals surface area contributed by atoms with Gasteiger partial charge in [0, 0.05) is 11.9 Å². The maximum absolute atomic E-state index is 11.5. The van der Waals surface area contributed by atoms with Crippen LogP contribution in [-0.4, -0.2) is 33.7 Å². The number of esters is 1. The van der Waals surface area contributed by atoms with E-state index in [9.17, 15) is 4.79 Å². The van der Waals surface area contributed by atoms with Crippen LogP contribution in [0, 0.1) is 11.3 Å². The molecule has 112 valence electrons. The lowest BCUT2D eigenvalue weighted by atomic mass is 10.0. The summed E-state index contributed by atoms with van der Waals surface area (Å²) in [5.41, 5.74) is 1.86. The predicted octanol–water partition coefficient (Wildman–Crippen LogP) is 1.45. The van der Waals surface area contributed by atoms with E-state index in [-0.39, 0.29) is 23.3 Å². The SMILES string of the molecule is COC(=O)C(C)c1ccc(NC=C(C#N)c2nn[nH]n2)cc1. The molecular weight excluding hydrogens is 284 g/mol. The molecule has 1 aromatic carbocycles. The molecule has 0 radical (unpaired) electrons. The number of aromatic nitrogens is 4. The van der Waals surface area contributed by atoms with Crippen molar-refractivity contribution in [1.29, 1.82) is 5.26 Å². The van der Waals surface area contributed by atoms with Crippen molar-refractivity contribution in [2.45, 2.75) is 12.8 Å². The number of benzene rings is 1. The minimum Gasteiger partial charge on any atom is -0.469 e. The number of carbonyl (C=O) groups excluding carboxylic acids is 1. The average Bonchev–Trinajstić information content (AvgIpc) is 3.09. The molecule has 8 nitrogen and oxygen atoms in total. The van der Waals surface area contributed by atoms with E-state index in [2.05, 4.69) is 25.9 Å². The number of nitrogens with one attached hydrogen (secondary N) is 2. The van der Waals surface area contributed by atoms with Crippen molar-refractivity contribution in [3.05, 3.63) is 41.9 Å². The highest BCUT2D eigenvalue weighted by Gasteiger charge is 2.15. The standard InChI is InChI=1S/C14H14N6O2/c1-9(14(21)22-2)10-3-5-12(6-4-10)16-8-11(7-15)13-17-19-20-18-13/h3-6,8-9,16H,1-2H3,(H,17,18,19,20). The number of anilines is 1. The maximum Gasteiger partial charge on any atom is 0.312 e. The number of tetrazole rings is 1. The first-order valence-electron chi connectivity index (χ1n) is 6.44. The number of carbonyl (C=O) groups is 1. The van der Waals surface area contributed by atoms with Crippen LogP contribution in [0.4, 0.5) is 5.69 Å². The Morgan fingerprint density at radius 1 is 1.45 bits per heavy atom. The fraction of sp³-hybridized carbons (Fsp3) is 0.214. The van der Waals surface area contributed by atoms with E-state index in [1.807, 2.05) is 18.2 Å². The van der Waals surface area contributed by atoms with Crippen molar-refractivity contribution >= 4 is 17.2 Å². The number of aromatic amines is 1. The van der Waals surface area contributed by atoms with E-state index in [0.29, 0.717) is 0 Å². The number of allylic oxidation sites excluding steroid dienone is 1. The van der Waals surface area contributed by atoms with Crippen molar-refractivity contribution in [1.82, 2.24) is 20.6 Å². The normalized spacial score (nSPS) is 12.3. The van der Waals surface area contributed by atoms with Gasteiger partial charge in [-0.25, -0.2) is 0 Å². The highest BCUT2D eigenvalue weighted by atomic mass is 16.5. The monoisotopic (exact) mass is 298 g/mol.